The van der Waals surface area contributed by atoms with Crippen molar-refractivity contribution in [2.24, 2.45) is 16.8 Å². The number of ether oxygens (including phenoxy) is 1. The molecule has 4 heterocycles. The second-order valence-corrected chi connectivity index (χ2v) is 11.4. The Morgan fingerprint density at radius 2 is 2.02 bits per heavy atom. The number of likely N-dealkylation sites (tertiary alicyclic amines) is 1. The number of aromatic nitrogens is 4. The molecule has 0 radical (unpaired) electrons. The number of carbonyl (C=O) groups excluding carboxylic acids is 1. The first kappa shape index (κ1) is 27.3. The summed E-state index contributed by atoms with van der Waals surface area (Å²) in [7, 11) is 1.69. The number of nitrogens with zero attached hydrogens (tertiary/aromatic N) is 6. The SMILES string of the molecule is C=CC(=O)N1CCC(n2nc(-c3ccc4nn(CCOC)cc4c3)c([C@@H]3C(Cl)=C(C)C=C4NN=C(N)C43)c2C)CC1. The first-order valence-electron chi connectivity index (χ1n) is 13.9. The van der Waals surface area contributed by atoms with Crippen molar-refractivity contribution in [2.45, 2.75) is 45.2 Å². The molecule has 1 amide bonds. The average molecular weight is 575 g/mol. The van der Waals surface area contributed by atoms with Crippen LogP contribution < -0.4 is 11.2 Å². The predicted octanol–water partition coefficient (Wildman–Crippen LogP) is 4.19. The van der Waals surface area contributed by atoms with Crippen molar-refractivity contribution in [3.05, 3.63) is 70.7 Å². The Hall–Kier alpha value is -3.89. The Kier molecular flexibility index (Phi) is 7.21. The summed E-state index contributed by atoms with van der Waals surface area (Å²) in [5.74, 6) is 0.0468. The predicted molar refractivity (Wildman–Crippen MR) is 160 cm³/mol. The summed E-state index contributed by atoms with van der Waals surface area (Å²) in [6, 6.07) is 6.40. The van der Waals surface area contributed by atoms with Gasteiger partial charge >= 0.3 is 0 Å². The second kappa shape index (κ2) is 10.8. The topological polar surface area (TPSA) is 116 Å². The van der Waals surface area contributed by atoms with E-state index in [0.29, 0.717) is 32.1 Å². The van der Waals surface area contributed by atoms with Crippen LogP contribution in [0.5, 0.6) is 0 Å². The summed E-state index contributed by atoms with van der Waals surface area (Å²) in [6.07, 6.45) is 7.06. The van der Waals surface area contributed by atoms with Gasteiger partial charge in [-0.1, -0.05) is 24.2 Å². The van der Waals surface area contributed by atoms with Crippen molar-refractivity contribution in [1.82, 2.24) is 29.9 Å². The summed E-state index contributed by atoms with van der Waals surface area (Å²) in [5, 5.41) is 16.1. The van der Waals surface area contributed by atoms with Gasteiger partial charge in [-0.25, -0.2) is 0 Å². The van der Waals surface area contributed by atoms with Gasteiger partial charge in [0, 0.05) is 65.3 Å². The van der Waals surface area contributed by atoms with Crippen LogP contribution in [0.2, 0.25) is 0 Å². The fourth-order valence-corrected chi connectivity index (χ4v) is 6.63. The zero-order valence-electron chi connectivity index (χ0n) is 23.6. The van der Waals surface area contributed by atoms with E-state index in [1.54, 1.807) is 7.11 Å². The number of amides is 1. The Balaban J connectivity index is 1.47. The van der Waals surface area contributed by atoms with Crippen molar-refractivity contribution >= 4 is 34.2 Å². The molecule has 1 unspecified atom stereocenters. The van der Waals surface area contributed by atoms with E-state index < -0.39 is 0 Å². The van der Waals surface area contributed by atoms with Crippen LogP contribution in [0.15, 0.2) is 64.5 Å². The van der Waals surface area contributed by atoms with Gasteiger partial charge in [0.25, 0.3) is 0 Å². The van der Waals surface area contributed by atoms with Crippen LogP contribution in [-0.2, 0) is 16.1 Å². The molecule has 6 rings (SSSR count). The number of hydrazone groups is 1. The summed E-state index contributed by atoms with van der Waals surface area (Å²) in [5.41, 5.74) is 16.3. The highest BCUT2D eigenvalue weighted by molar-refractivity contribution is 6.31. The van der Waals surface area contributed by atoms with Crippen LogP contribution in [0.25, 0.3) is 22.2 Å². The molecule has 3 aromatic rings. The van der Waals surface area contributed by atoms with Gasteiger partial charge in [-0.15, -0.1) is 0 Å². The molecule has 2 atom stereocenters. The summed E-state index contributed by atoms with van der Waals surface area (Å²) in [4.78, 5) is 14.1. The van der Waals surface area contributed by atoms with E-state index in [9.17, 15) is 4.79 Å². The number of allylic oxidation sites excluding steroid dienone is 3. The van der Waals surface area contributed by atoms with E-state index in [2.05, 4.69) is 40.8 Å². The molecule has 214 valence electrons. The Morgan fingerprint density at radius 1 is 1.24 bits per heavy atom. The number of amidine groups is 1. The van der Waals surface area contributed by atoms with Crippen LogP contribution in [-0.4, -0.2) is 63.0 Å². The lowest BCUT2D eigenvalue weighted by molar-refractivity contribution is -0.127. The standard InChI is InChI=1S/C30H35ClN8O2/c1-5-24(40)37-10-8-21(9-11-37)39-18(3)25(27-26-23(33-34-30(26)32)14-17(2)28(27)31)29(36-39)19-6-7-22-20(15-19)16-38(35-22)12-13-41-4/h5-7,14-16,21,26-27,33H,1,8-13H2,2-4H3,(H2,32,34)/t26?,27-/m0/s1. The molecule has 0 saturated carbocycles. The number of fused-ring (bicyclic) bond motifs is 2. The van der Waals surface area contributed by atoms with E-state index in [-0.39, 0.29) is 23.8 Å². The Labute approximate surface area is 244 Å². The monoisotopic (exact) mass is 574 g/mol. The van der Waals surface area contributed by atoms with Gasteiger partial charge in [0.1, 0.15) is 5.84 Å². The minimum atomic E-state index is -0.235. The number of halogens is 1. The van der Waals surface area contributed by atoms with Crippen LogP contribution in [0.4, 0.5) is 0 Å². The van der Waals surface area contributed by atoms with Crippen molar-refractivity contribution in [3.8, 4) is 11.3 Å². The molecule has 1 aliphatic carbocycles. The molecule has 41 heavy (non-hydrogen) atoms. The molecule has 11 heteroatoms. The van der Waals surface area contributed by atoms with Gasteiger partial charge in [0.2, 0.25) is 5.91 Å². The number of carbonyl (C=O) groups is 1. The lowest BCUT2D eigenvalue weighted by atomic mass is 9.77. The van der Waals surface area contributed by atoms with E-state index in [4.69, 9.17) is 32.3 Å². The van der Waals surface area contributed by atoms with Gasteiger partial charge in [0.05, 0.1) is 36.3 Å². The highest BCUT2D eigenvalue weighted by atomic mass is 35.5. The van der Waals surface area contributed by atoms with Gasteiger partial charge in [0.15, 0.2) is 0 Å². The average Bonchev–Trinajstić information content (AvgIpc) is 3.66. The van der Waals surface area contributed by atoms with Crippen LogP contribution in [0, 0.1) is 12.8 Å². The molecule has 1 fully saturated rings. The number of benzene rings is 1. The lowest BCUT2D eigenvalue weighted by Crippen LogP contribution is -2.38. The van der Waals surface area contributed by atoms with E-state index >= 15 is 0 Å². The summed E-state index contributed by atoms with van der Waals surface area (Å²) < 4.78 is 9.28. The number of nitrogens with two attached hydrogens (primary N) is 1. The van der Waals surface area contributed by atoms with Crippen LogP contribution in [0.3, 0.4) is 0 Å². The third-order valence-corrected chi connectivity index (χ3v) is 9.01. The third-order valence-electron chi connectivity index (χ3n) is 8.48. The minimum Gasteiger partial charge on any atom is -0.385 e. The zero-order chi connectivity index (χ0) is 28.8. The zero-order valence-corrected chi connectivity index (χ0v) is 24.4. The van der Waals surface area contributed by atoms with Crippen LogP contribution >= 0.6 is 11.6 Å². The number of hydrogen-bond donors (Lipinski definition) is 2. The minimum absolute atomic E-state index is 0.0289. The molecule has 3 aliphatic rings. The maximum atomic E-state index is 12.2. The number of nitrogens with one attached hydrogen (secondary N) is 1. The van der Waals surface area contributed by atoms with Crippen molar-refractivity contribution in [3.63, 3.8) is 0 Å². The molecule has 2 aromatic heterocycles. The van der Waals surface area contributed by atoms with Crippen molar-refractivity contribution in [1.29, 1.82) is 0 Å². The first-order chi connectivity index (χ1) is 19.8. The number of piperidine rings is 1. The van der Waals surface area contributed by atoms with E-state index in [1.807, 2.05) is 34.8 Å². The third kappa shape index (κ3) is 4.74. The van der Waals surface area contributed by atoms with E-state index in [0.717, 1.165) is 62.6 Å². The Morgan fingerprint density at radius 3 is 2.76 bits per heavy atom. The second-order valence-electron chi connectivity index (χ2n) is 10.9. The summed E-state index contributed by atoms with van der Waals surface area (Å²) >= 11 is 7.12. The Bertz CT molecular complexity index is 1620. The van der Waals surface area contributed by atoms with Crippen molar-refractivity contribution < 1.29 is 9.53 Å². The fourth-order valence-electron chi connectivity index (χ4n) is 6.34. The molecule has 3 N–H and O–H groups in total. The maximum absolute atomic E-state index is 12.2. The quantitative estimate of drug-likeness (QED) is 0.409. The molecule has 1 saturated heterocycles. The maximum Gasteiger partial charge on any atom is 0.245 e. The molecule has 10 nitrogen and oxygen atoms in total. The van der Waals surface area contributed by atoms with Crippen LogP contribution in [0.1, 0.15) is 43.0 Å². The van der Waals surface area contributed by atoms with Gasteiger partial charge in [-0.05, 0) is 56.5 Å². The molecular weight excluding hydrogens is 540 g/mol. The summed E-state index contributed by atoms with van der Waals surface area (Å²) in [6.45, 7) is 10.4. The smallest absolute Gasteiger partial charge is 0.245 e. The number of methoxy groups -OCH3 is 1. The largest absolute Gasteiger partial charge is 0.385 e. The molecular formula is C30H35ClN8O2. The first-order valence-corrected chi connectivity index (χ1v) is 14.3. The number of hydrogen-bond acceptors (Lipinski definition) is 7. The normalized spacial score (nSPS) is 21.1. The molecule has 0 bridgehead atoms. The van der Waals surface area contributed by atoms with Gasteiger partial charge in [-0.3, -0.25) is 19.6 Å². The van der Waals surface area contributed by atoms with Gasteiger partial charge < -0.3 is 15.4 Å². The van der Waals surface area contributed by atoms with E-state index in [1.165, 1.54) is 6.08 Å². The highest BCUT2D eigenvalue weighted by Crippen LogP contribution is 2.49. The molecule has 0 spiro atoms. The molecule has 1 aromatic carbocycles. The molecule has 2 aliphatic heterocycles. The number of rotatable bonds is 7. The fraction of sp³-hybridized carbons (Fsp3) is 0.400. The van der Waals surface area contributed by atoms with Crippen molar-refractivity contribution in [2.75, 3.05) is 26.8 Å². The van der Waals surface area contributed by atoms with Gasteiger partial charge in [-0.2, -0.15) is 15.3 Å². The lowest BCUT2D eigenvalue weighted by Gasteiger charge is -2.32. The highest BCUT2D eigenvalue weighted by Gasteiger charge is 2.42.